The zero-order valence-corrected chi connectivity index (χ0v) is 21.4. The second-order valence-electron chi connectivity index (χ2n) is 8.43. The van der Waals surface area contributed by atoms with E-state index in [1.807, 2.05) is 13.0 Å². The molecule has 0 amide bonds. The summed E-state index contributed by atoms with van der Waals surface area (Å²) in [4.78, 5) is 15.4. The van der Waals surface area contributed by atoms with Crippen molar-refractivity contribution in [1.82, 2.24) is 4.57 Å². The maximum atomic E-state index is 13.9. The molecule has 2 aromatic rings. The van der Waals surface area contributed by atoms with E-state index < -0.39 is 5.92 Å². The highest BCUT2D eigenvalue weighted by molar-refractivity contribution is 5.64. The fourth-order valence-corrected chi connectivity index (χ4v) is 4.72. The molecule has 35 heavy (non-hydrogen) atoms. The second-order valence-corrected chi connectivity index (χ2v) is 8.43. The van der Waals surface area contributed by atoms with Crippen molar-refractivity contribution >= 4 is 0 Å². The number of quaternary nitrogens is 1. The minimum atomic E-state index is -0.786. The van der Waals surface area contributed by atoms with Gasteiger partial charge >= 0.3 is 0 Å². The van der Waals surface area contributed by atoms with E-state index in [9.17, 15) is 10.1 Å². The van der Waals surface area contributed by atoms with Gasteiger partial charge in [0.2, 0.25) is 11.6 Å². The van der Waals surface area contributed by atoms with Gasteiger partial charge in [-0.2, -0.15) is 5.26 Å². The first kappa shape index (κ1) is 26.0. The summed E-state index contributed by atoms with van der Waals surface area (Å²) in [5, 5.41) is 10.0. The number of aromatic nitrogens is 1. The van der Waals surface area contributed by atoms with Crippen molar-refractivity contribution in [3.63, 3.8) is 0 Å². The van der Waals surface area contributed by atoms with E-state index in [0.717, 1.165) is 31.7 Å². The number of nitrogens with zero attached hydrogens (tertiary/aromatic N) is 2. The summed E-state index contributed by atoms with van der Waals surface area (Å²) >= 11 is 0. The molecule has 0 aliphatic carbocycles. The molecule has 188 valence electrons. The van der Waals surface area contributed by atoms with Gasteiger partial charge in [0.15, 0.2) is 11.5 Å². The molecule has 1 aliphatic rings. The molecule has 3 rings (SSSR count). The molecule has 1 atom stereocenters. The fraction of sp³-hybridized carbons (Fsp3) is 0.462. The fourth-order valence-electron chi connectivity index (χ4n) is 4.72. The van der Waals surface area contributed by atoms with E-state index in [4.69, 9.17) is 24.7 Å². The van der Waals surface area contributed by atoms with E-state index in [-0.39, 0.29) is 17.0 Å². The van der Waals surface area contributed by atoms with Gasteiger partial charge in [0.25, 0.3) is 5.56 Å². The Morgan fingerprint density at radius 1 is 1.14 bits per heavy atom. The molecule has 1 aromatic heterocycles. The quantitative estimate of drug-likeness (QED) is 0.529. The summed E-state index contributed by atoms with van der Waals surface area (Å²) in [6, 6.07) is 7.43. The summed E-state index contributed by atoms with van der Waals surface area (Å²) in [6.07, 6.45) is 0.852. The van der Waals surface area contributed by atoms with Crippen LogP contribution in [0.25, 0.3) is 0 Å². The summed E-state index contributed by atoms with van der Waals surface area (Å²) in [7, 11) is 4.54. The van der Waals surface area contributed by atoms with Crippen LogP contribution in [0, 0.1) is 18.3 Å². The molecule has 0 bridgehead atoms. The highest BCUT2D eigenvalue weighted by Crippen LogP contribution is 2.48. The van der Waals surface area contributed by atoms with Crippen LogP contribution in [0.1, 0.15) is 43.0 Å². The molecular weight excluding hydrogens is 448 g/mol. The Labute approximate surface area is 206 Å². The summed E-state index contributed by atoms with van der Waals surface area (Å²) < 4.78 is 24.2. The molecule has 1 aliphatic heterocycles. The number of hydrogen-bond donors (Lipinski definition) is 2. The SMILES string of the molecule is CC[NH+](CC)CCCn1c(C)cc2c(c1=O)[C@H](c1ccc(OC)c(OC)c1OC)C(C#N)=C(N)O2. The normalized spacial score (nSPS) is 14.9. The lowest BCUT2D eigenvalue weighted by molar-refractivity contribution is -0.896. The number of methoxy groups -OCH3 is 3. The Hall–Kier alpha value is -3.64. The highest BCUT2D eigenvalue weighted by atomic mass is 16.5. The van der Waals surface area contributed by atoms with E-state index in [1.165, 1.54) is 26.2 Å². The third-order valence-electron chi connectivity index (χ3n) is 6.65. The molecule has 9 heteroatoms. The zero-order valence-electron chi connectivity index (χ0n) is 21.4. The highest BCUT2D eigenvalue weighted by Gasteiger charge is 2.37. The molecule has 1 aromatic carbocycles. The van der Waals surface area contributed by atoms with Crippen molar-refractivity contribution in [1.29, 1.82) is 5.26 Å². The molecule has 0 saturated heterocycles. The number of allylic oxidation sites excluding steroid dienone is 1. The van der Waals surface area contributed by atoms with Gasteiger partial charge in [-0.25, -0.2) is 0 Å². The maximum Gasteiger partial charge on any atom is 0.258 e. The van der Waals surface area contributed by atoms with Crippen LogP contribution in [-0.4, -0.2) is 45.5 Å². The third-order valence-corrected chi connectivity index (χ3v) is 6.65. The first-order valence-corrected chi connectivity index (χ1v) is 11.8. The molecule has 2 heterocycles. The van der Waals surface area contributed by atoms with Crippen molar-refractivity contribution in [2.24, 2.45) is 5.73 Å². The van der Waals surface area contributed by atoms with Crippen molar-refractivity contribution in [3.05, 3.63) is 56.8 Å². The Kier molecular flexibility index (Phi) is 8.30. The first-order chi connectivity index (χ1) is 16.9. The van der Waals surface area contributed by atoms with Crippen molar-refractivity contribution < 1.29 is 23.8 Å². The lowest BCUT2D eigenvalue weighted by atomic mass is 9.83. The predicted octanol–water partition coefficient (Wildman–Crippen LogP) is 1.72. The van der Waals surface area contributed by atoms with Crippen LogP contribution < -0.4 is 35.1 Å². The Morgan fingerprint density at radius 3 is 2.40 bits per heavy atom. The van der Waals surface area contributed by atoms with Gasteiger partial charge in [0.1, 0.15) is 17.4 Å². The van der Waals surface area contributed by atoms with E-state index >= 15 is 0 Å². The molecular formula is C26H35N4O5+. The topological polar surface area (TPSA) is 113 Å². The van der Waals surface area contributed by atoms with Gasteiger partial charge in [-0.3, -0.25) is 4.79 Å². The molecule has 0 fully saturated rings. The molecule has 0 radical (unpaired) electrons. The number of nitriles is 1. The molecule has 0 spiro atoms. The number of hydrogen-bond acceptors (Lipinski definition) is 7. The number of benzene rings is 1. The second kappa shape index (κ2) is 11.2. The zero-order chi connectivity index (χ0) is 25.7. The molecule has 3 N–H and O–H groups in total. The number of pyridine rings is 1. The minimum Gasteiger partial charge on any atom is -0.493 e. The minimum absolute atomic E-state index is 0.0384. The number of aryl methyl sites for hydroxylation is 1. The van der Waals surface area contributed by atoms with Crippen LogP contribution in [0.4, 0.5) is 0 Å². The number of ether oxygens (including phenoxy) is 4. The smallest absolute Gasteiger partial charge is 0.258 e. The first-order valence-electron chi connectivity index (χ1n) is 11.8. The number of nitrogens with two attached hydrogens (primary N) is 1. The van der Waals surface area contributed by atoms with Crippen molar-refractivity contribution in [3.8, 4) is 29.1 Å². The average molecular weight is 484 g/mol. The van der Waals surface area contributed by atoms with Crippen LogP contribution in [0.15, 0.2) is 34.4 Å². The van der Waals surface area contributed by atoms with Gasteiger partial charge in [0.05, 0.1) is 52.4 Å². The lowest BCUT2D eigenvalue weighted by Crippen LogP contribution is -3.11. The van der Waals surface area contributed by atoms with E-state index in [2.05, 4.69) is 19.9 Å². The van der Waals surface area contributed by atoms with Crippen molar-refractivity contribution in [2.75, 3.05) is 41.0 Å². The van der Waals surface area contributed by atoms with Crippen molar-refractivity contribution in [2.45, 2.75) is 39.7 Å². The Bertz CT molecular complexity index is 1210. The van der Waals surface area contributed by atoms with Gasteiger partial charge < -0.3 is 34.1 Å². The van der Waals surface area contributed by atoms with Crippen LogP contribution in [-0.2, 0) is 6.54 Å². The van der Waals surface area contributed by atoms with E-state index in [1.54, 1.807) is 16.7 Å². The molecule has 9 nitrogen and oxygen atoms in total. The van der Waals surface area contributed by atoms with Crippen LogP contribution >= 0.6 is 0 Å². The number of fused-ring (bicyclic) bond motifs is 1. The monoisotopic (exact) mass is 483 g/mol. The van der Waals surface area contributed by atoms with Gasteiger partial charge in [-0.15, -0.1) is 0 Å². The standard InChI is InChI=1S/C26H34N4O5/c1-7-29(8-2)12-9-13-30-16(3)14-20-22(26(30)31)21(18(15-27)25(28)35-20)17-10-11-19(32-4)24(34-6)23(17)33-5/h10-11,14,21H,7-9,12-13,28H2,1-6H3/p+1/t21-/m1/s1. The largest absolute Gasteiger partial charge is 0.493 e. The lowest BCUT2D eigenvalue weighted by Gasteiger charge is -2.29. The number of rotatable bonds is 10. The van der Waals surface area contributed by atoms with Gasteiger partial charge in [-0.1, -0.05) is 6.07 Å². The van der Waals surface area contributed by atoms with Gasteiger partial charge in [0, 0.05) is 30.3 Å². The molecule has 0 saturated carbocycles. The van der Waals surface area contributed by atoms with E-state index in [0.29, 0.717) is 40.7 Å². The van der Waals surface area contributed by atoms with Crippen LogP contribution in [0.3, 0.4) is 0 Å². The van der Waals surface area contributed by atoms with Gasteiger partial charge in [-0.05, 0) is 26.8 Å². The van der Waals surface area contributed by atoms with Crippen LogP contribution in [0.2, 0.25) is 0 Å². The summed E-state index contributed by atoms with van der Waals surface area (Å²) in [5.74, 6) is 0.718. The summed E-state index contributed by atoms with van der Waals surface area (Å²) in [6.45, 7) is 9.81. The third kappa shape index (κ3) is 4.80. The average Bonchev–Trinajstić information content (AvgIpc) is 2.86. The predicted molar refractivity (Wildman–Crippen MR) is 132 cm³/mol. The number of nitrogens with one attached hydrogen (secondary N) is 1. The Morgan fingerprint density at radius 2 is 1.83 bits per heavy atom. The summed E-state index contributed by atoms with van der Waals surface area (Å²) in [5.41, 5.74) is 7.78. The molecule has 0 unspecified atom stereocenters. The Balaban J connectivity index is 2.20. The maximum absolute atomic E-state index is 13.9. The van der Waals surface area contributed by atoms with Crippen LogP contribution in [0.5, 0.6) is 23.0 Å².